The number of nitrogens with one attached hydrogen (secondary N) is 1. The molecule has 0 saturated carbocycles. The zero-order valence-corrected chi connectivity index (χ0v) is 10.00. The summed E-state index contributed by atoms with van der Waals surface area (Å²) in [6.45, 7) is 0. The highest BCUT2D eigenvalue weighted by atomic mass is 32.1. The highest BCUT2D eigenvalue weighted by Crippen LogP contribution is 2.30. The zero-order valence-electron chi connectivity index (χ0n) is 9.18. The van der Waals surface area contributed by atoms with E-state index >= 15 is 0 Å². The smallest absolute Gasteiger partial charge is 0.170 e. The molecule has 0 spiro atoms. The monoisotopic (exact) mass is 253 g/mol. The maximum Gasteiger partial charge on any atom is 0.170 e. The van der Waals surface area contributed by atoms with Crippen LogP contribution in [0.3, 0.4) is 0 Å². The Morgan fingerprint density at radius 3 is 2.94 bits per heavy atom. The Kier molecular flexibility index (Phi) is 3.68. The zero-order chi connectivity index (χ0) is 12.3. The number of benzene rings is 1. The van der Waals surface area contributed by atoms with Gasteiger partial charge in [-0.1, -0.05) is 12.1 Å². The van der Waals surface area contributed by atoms with Crippen LogP contribution >= 0.6 is 11.3 Å². The molecule has 1 unspecified atom stereocenters. The number of rotatable bonds is 4. The maximum atomic E-state index is 14.1. The van der Waals surface area contributed by atoms with Crippen LogP contribution in [-0.2, 0) is 0 Å². The molecule has 0 bridgehead atoms. The molecule has 0 fully saturated rings. The quantitative estimate of drug-likeness (QED) is 0.645. The van der Waals surface area contributed by atoms with Gasteiger partial charge in [0, 0.05) is 16.6 Å². The molecule has 0 amide bonds. The average Bonchev–Trinajstić information content (AvgIpc) is 2.86. The van der Waals surface area contributed by atoms with E-state index < -0.39 is 11.9 Å². The molecule has 0 saturated heterocycles. The molecule has 2 aromatic rings. The first-order valence-electron chi connectivity index (χ1n) is 4.94. The van der Waals surface area contributed by atoms with Crippen LogP contribution in [0.1, 0.15) is 16.5 Å². The van der Waals surface area contributed by atoms with Gasteiger partial charge in [-0.15, -0.1) is 11.3 Å². The minimum Gasteiger partial charge on any atom is -0.494 e. The van der Waals surface area contributed by atoms with Crippen LogP contribution in [0.2, 0.25) is 0 Å². The summed E-state index contributed by atoms with van der Waals surface area (Å²) in [5.41, 5.74) is 4.71. The number of ether oxygens (including phenoxy) is 1. The van der Waals surface area contributed by atoms with Gasteiger partial charge in [0.15, 0.2) is 11.6 Å². The Hall–Kier alpha value is -1.50. The van der Waals surface area contributed by atoms with Crippen molar-refractivity contribution < 1.29 is 9.13 Å². The average molecular weight is 253 g/mol. The van der Waals surface area contributed by atoms with E-state index in [-0.39, 0.29) is 5.75 Å². The molecule has 2 rings (SSSR count). The van der Waals surface area contributed by atoms with Gasteiger partial charge in [-0.05, 0) is 6.07 Å². The van der Waals surface area contributed by atoms with Gasteiger partial charge in [-0.2, -0.15) is 0 Å². The SMILES string of the molecule is COc1cccc(C(NN)c2cncs2)c1F. The van der Waals surface area contributed by atoms with Gasteiger partial charge in [0.25, 0.3) is 0 Å². The highest BCUT2D eigenvalue weighted by Gasteiger charge is 2.20. The van der Waals surface area contributed by atoms with Crippen molar-refractivity contribution in [2.75, 3.05) is 7.11 Å². The van der Waals surface area contributed by atoms with E-state index in [4.69, 9.17) is 10.6 Å². The van der Waals surface area contributed by atoms with E-state index in [1.165, 1.54) is 18.4 Å². The van der Waals surface area contributed by atoms with Gasteiger partial charge in [0.2, 0.25) is 0 Å². The Morgan fingerprint density at radius 2 is 2.35 bits per heavy atom. The first-order valence-corrected chi connectivity index (χ1v) is 5.82. The maximum absolute atomic E-state index is 14.1. The highest BCUT2D eigenvalue weighted by molar-refractivity contribution is 7.09. The van der Waals surface area contributed by atoms with E-state index in [0.29, 0.717) is 5.56 Å². The second kappa shape index (κ2) is 5.22. The summed E-state index contributed by atoms with van der Waals surface area (Å²) < 4.78 is 19.0. The summed E-state index contributed by atoms with van der Waals surface area (Å²) in [5, 5.41) is 0. The number of aromatic nitrogens is 1. The second-order valence-electron chi connectivity index (χ2n) is 3.37. The molecule has 3 N–H and O–H groups in total. The van der Waals surface area contributed by atoms with E-state index in [9.17, 15) is 4.39 Å². The van der Waals surface area contributed by atoms with Crippen molar-refractivity contribution in [1.82, 2.24) is 10.4 Å². The normalized spacial score (nSPS) is 12.4. The van der Waals surface area contributed by atoms with Gasteiger partial charge in [0.05, 0.1) is 18.7 Å². The number of halogens is 1. The fraction of sp³-hybridized carbons (Fsp3) is 0.182. The van der Waals surface area contributed by atoms with Gasteiger partial charge < -0.3 is 4.74 Å². The number of methoxy groups -OCH3 is 1. The first-order chi connectivity index (χ1) is 8.27. The van der Waals surface area contributed by atoms with Crippen LogP contribution in [0.5, 0.6) is 5.75 Å². The predicted octanol–water partition coefficient (Wildman–Crippen LogP) is 1.84. The fourth-order valence-corrected chi connectivity index (χ4v) is 2.30. The van der Waals surface area contributed by atoms with Crippen LogP contribution in [0.15, 0.2) is 29.9 Å². The molecule has 4 nitrogen and oxygen atoms in total. The molecule has 0 radical (unpaired) electrons. The number of hydrazine groups is 1. The van der Waals surface area contributed by atoms with Crippen LogP contribution in [0.25, 0.3) is 0 Å². The molecule has 0 aliphatic heterocycles. The molecule has 90 valence electrons. The summed E-state index contributed by atoms with van der Waals surface area (Å²) in [6, 6.07) is 4.54. The Labute approximate surface area is 102 Å². The molecular formula is C11H12FN3OS. The standard InChI is InChI=1S/C11H12FN3OS/c1-16-8-4-2-3-7(10(8)12)11(15-13)9-5-14-6-17-9/h2-6,11,15H,13H2,1H3. The largest absolute Gasteiger partial charge is 0.494 e. The molecule has 17 heavy (non-hydrogen) atoms. The number of thiazole rings is 1. The lowest BCUT2D eigenvalue weighted by atomic mass is 10.1. The molecule has 0 aliphatic rings. The second-order valence-corrected chi connectivity index (χ2v) is 4.28. The van der Waals surface area contributed by atoms with Crippen molar-refractivity contribution in [3.8, 4) is 5.75 Å². The lowest BCUT2D eigenvalue weighted by Crippen LogP contribution is -2.29. The Morgan fingerprint density at radius 1 is 1.53 bits per heavy atom. The van der Waals surface area contributed by atoms with Crippen molar-refractivity contribution in [1.29, 1.82) is 0 Å². The lowest BCUT2D eigenvalue weighted by molar-refractivity contribution is 0.382. The van der Waals surface area contributed by atoms with Crippen LogP contribution in [0.4, 0.5) is 4.39 Å². The third-order valence-electron chi connectivity index (χ3n) is 2.43. The third-order valence-corrected chi connectivity index (χ3v) is 3.27. The Bertz CT molecular complexity index is 489. The molecule has 1 atom stereocenters. The number of nitrogens with zero attached hydrogens (tertiary/aromatic N) is 1. The summed E-state index contributed by atoms with van der Waals surface area (Å²) in [5.74, 6) is 5.27. The summed E-state index contributed by atoms with van der Waals surface area (Å²) in [6.07, 6.45) is 1.66. The molecule has 1 heterocycles. The molecule has 1 aromatic carbocycles. The van der Waals surface area contributed by atoms with Crippen molar-refractivity contribution in [2.24, 2.45) is 5.84 Å². The molecule has 1 aromatic heterocycles. The van der Waals surface area contributed by atoms with Crippen LogP contribution in [-0.4, -0.2) is 12.1 Å². The van der Waals surface area contributed by atoms with E-state index in [1.807, 2.05) is 0 Å². The van der Waals surface area contributed by atoms with Crippen molar-refractivity contribution in [3.05, 3.63) is 46.2 Å². The minimum atomic E-state index is -0.419. The lowest BCUT2D eigenvalue weighted by Gasteiger charge is -2.16. The number of nitrogens with two attached hydrogens (primary N) is 1. The predicted molar refractivity (Wildman–Crippen MR) is 64.2 cm³/mol. The summed E-state index contributed by atoms with van der Waals surface area (Å²) in [4.78, 5) is 4.80. The van der Waals surface area contributed by atoms with Crippen molar-refractivity contribution >= 4 is 11.3 Å². The van der Waals surface area contributed by atoms with Gasteiger partial charge in [-0.25, -0.2) is 9.82 Å². The van der Waals surface area contributed by atoms with Crippen molar-refractivity contribution in [3.63, 3.8) is 0 Å². The van der Waals surface area contributed by atoms with Crippen LogP contribution < -0.4 is 16.0 Å². The molecule has 6 heteroatoms. The molecule has 0 aliphatic carbocycles. The summed E-state index contributed by atoms with van der Waals surface area (Å²) >= 11 is 1.41. The first kappa shape index (κ1) is 12.0. The number of hydrogen-bond donors (Lipinski definition) is 2. The third kappa shape index (κ3) is 2.28. The van der Waals surface area contributed by atoms with E-state index in [0.717, 1.165) is 4.88 Å². The van der Waals surface area contributed by atoms with Gasteiger partial charge in [-0.3, -0.25) is 10.8 Å². The summed E-state index contributed by atoms with van der Waals surface area (Å²) in [7, 11) is 1.43. The van der Waals surface area contributed by atoms with E-state index in [2.05, 4.69) is 10.4 Å². The molecular weight excluding hydrogens is 241 g/mol. The van der Waals surface area contributed by atoms with Gasteiger partial charge >= 0.3 is 0 Å². The topological polar surface area (TPSA) is 60.2 Å². The van der Waals surface area contributed by atoms with Crippen molar-refractivity contribution in [2.45, 2.75) is 6.04 Å². The number of hydrogen-bond acceptors (Lipinski definition) is 5. The Balaban J connectivity index is 2.44. The minimum absolute atomic E-state index is 0.201. The fourth-order valence-electron chi connectivity index (χ4n) is 1.60. The van der Waals surface area contributed by atoms with Gasteiger partial charge in [0.1, 0.15) is 0 Å². The van der Waals surface area contributed by atoms with Crippen LogP contribution in [0, 0.1) is 5.82 Å². The van der Waals surface area contributed by atoms with E-state index in [1.54, 1.807) is 29.9 Å².